The lowest BCUT2D eigenvalue weighted by Gasteiger charge is -2.34. The number of esters is 2. The van der Waals surface area contributed by atoms with Crippen molar-refractivity contribution in [2.75, 3.05) is 13.2 Å². The minimum atomic E-state index is -1.64. The highest BCUT2D eigenvalue weighted by atomic mass is 16.6. The van der Waals surface area contributed by atoms with E-state index in [2.05, 4.69) is 13.2 Å². The van der Waals surface area contributed by atoms with Crippen molar-refractivity contribution in [2.24, 2.45) is 10.8 Å². The van der Waals surface area contributed by atoms with Gasteiger partial charge < -0.3 is 9.47 Å². The maximum absolute atomic E-state index is 12.7. The standard InChI is InChI=1S/C20H28O5/c1-7-10-19(5,6)12-15-14(4)11-20(13-16(15)21,17(22)24-8-2)18(23)25-9-3/h7,12H,1,4,8-11,13H2,2-3,5-6H3/b15-12+. The third-order valence-electron chi connectivity index (χ3n) is 4.20. The van der Waals surface area contributed by atoms with E-state index in [1.165, 1.54) is 0 Å². The Labute approximate surface area is 149 Å². The highest BCUT2D eigenvalue weighted by Crippen LogP contribution is 2.43. The molecule has 0 aromatic carbocycles. The van der Waals surface area contributed by atoms with Crippen molar-refractivity contribution in [3.05, 3.63) is 36.5 Å². The second kappa shape index (κ2) is 8.28. The second-order valence-electron chi connectivity index (χ2n) is 6.94. The Morgan fingerprint density at radius 2 is 1.68 bits per heavy atom. The van der Waals surface area contributed by atoms with Crippen molar-refractivity contribution in [1.29, 1.82) is 0 Å². The Kier molecular flexibility index (Phi) is 6.91. The number of rotatable bonds is 7. The van der Waals surface area contributed by atoms with Gasteiger partial charge in [-0.1, -0.05) is 32.6 Å². The Bertz CT molecular complexity index is 570. The topological polar surface area (TPSA) is 69.7 Å². The van der Waals surface area contributed by atoms with Crippen molar-refractivity contribution in [2.45, 2.75) is 47.0 Å². The Balaban J connectivity index is 3.26. The van der Waals surface area contributed by atoms with Crippen LogP contribution < -0.4 is 0 Å². The largest absolute Gasteiger partial charge is 0.465 e. The number of hydrogen-bond acceptors (Lipinski definition) is 5. The van der Waals surface area contributed by atoms with E-state index >= 15 is 0 Å². The van der Waals surface area contributed by atoms with Gasteiger partial charge >= 0.3 is 11.9 Å². The van der Waals surface area contributed by atoms with Gasteiger partial charge in [0.25, 0.3) is 0 Å². The lowest BCUT2D eigenvalue weighted by molar-refractivity contribution is -0.174. The molecular formula is C20H28O5. The highest BCUT2D eigenvalue weighted by Gasteiger charge is 2.54. The summed E-state index contributed by atoms with van der Waals surface area (Å²) in [5.41, 5.74) is -0.991. The summed E-state index contributed by atoms with van der Waals surface area (Å²) in [6, 6.07) is 0. The van der Waals surface area contributed by atoms with Gasteiger partial charge in [0.2, 0.25) is 0 Å². The van der Waals surface area contributed by atoms with Gasteiger partial charge in [-0.3, -0.25) is 14.4 Å². The minimum absolute atomic E-state index is 0.0202. The van der Waals surface area contributed by atoms with Crippen LogP contribution in [0, 0.1) is 10.8 Å². The Morgan fingerprint density at radius 3 is 2.08 bits per heavy atom. The Morgan fingerprint density at radius 1 is 1.16 bits per heavy atom. The van der Waals surface area contributed by atoms with Crippen molar-refractivity contribution < 1.29 is 23.9 Å². The van der Waals surface area contributed by atoms with Crippen LogP contribution in [0.15, 0.2) is 36.5 Å². The van der Waals surface area contributed by atoms with Crippen LogP contribution in [-0.2, 0) is 23.9 Å². The highest BCUT2D eigenvalue weighted by molar-refractivity contribution is 6.11. The molecule has 0 atom stereocenters. The minimum Gasteiger partial charge on any atom is -0.465 e. The summed E-state index contributed by atoms with van der Waals surface area (Å²) in [7, 11) is 0. The summed E-state index contributed by atoms with van der Waals surface area (Å²) in [5.74, 6) is -1.76. The fraction of sp³-hybridized carbons (Fsp3) is 0.550. The quantitative estimate of drug-likeness (QED) is 0.305. The van der Waals surface area contributed by atoms with Gasteiger partial charge in [0.1, 0.15) is 0 Å². The summed E-state index contributed by atoms with van der Waals surface area (Å²) in [4.78, 5) is 37.7. The van der Waals surface area contributed by atoms with Crippen molar-refractivity contribution in [3.8, 4) is 0 Å². The molecule has 0 aromatic heterocycles. The van der Waals surface area contributed by atoms with Gasteiger partial charge in [0.15, 0.2) is 11.2 Å². The second-order valence-corrected chi connectivity index (χ2v) is 6.94. The van der Waals surface area contributed by atoms with Crippen LogP contribution in [0.3, 0.4) is 0 Å². The van der Waals surface area contributed by atoms with E-state index in [9.17, 15) is 14.4 Å². The maximum atomic E-state index is 12.7. The third kappa shape index (κ3) is 4.68. The molecule has 0 N–H and O–H groups in total. The summed E-state index contributed by atoms with van der Waals surface area (Å²) >= 11 is 0. The summed E-state index contributed by atoms with van der Waals surface area (Å²) in [6.45, 7) is 15.2. The normalized spacial score (nSPS) is 18.8. The molecule has 0 saturated heterocycles. The van der Waals surface area contributed by atoms with Gasteiger partial charge in [-0.25, -0.2) is 0 Å². The van der Waals surface area contributed by atoms with Gasteiger partial charge in [-0.15, -0.1) is 6.58 Å². The number of ketones is 1. The fourth-order valence-electron chi connectivity index (χ4n) is 3.00. The molecule has 0 bridgehead atoms. The van der Waals surface area contributed by atoms with Gasteiger partial charge in [0.05, 0.1) is 13.2 Å². The molecule has 0 aromatic rings. The van der Waals surface area contributed by atoms with Crippen LogP contribution in [0.4, 0.5) is 0 Å². The SMILES string of the molecule is C=CCC(C)(C)/C=C1\C(=C)CC(C(=O)OCC)(C(=O)OCC)CC1=O. The molecule has 0 heterocycles. The van der Waals surface area contributed by atoms with Crippen molar-refractivity contribution in [1.82, 2.24) is 0 Å². The zero-order valence-electron chi connectivity index (χ0n) is 15.6. The van der Waals surface area contributed by atoms with Gasteiger partial charge in [0, 0.05) is 12.0 Å². The predicted molar refractivity (Wildman–Crippen MR) is 95.8 cm³/mol. The molecule has 0 amide bonds. The van der Waals surface area contributed by atoms with E-state index in [4.69, 9.17) is 9.47 Å². The van der Waals surface area contributed by atoms with Crippen LogP contribution in [0.25, 0.3) is 0 Å². The van der Waals surface area contributed by atoms with E-state index in [0.29, 0.717) is 17.6 Å². The van der Waals surface area contributed by atoms with Crippen LogP contribution in [-0.4, -0.2) is 30.9 Å². The molecule has 1 rings (SSSR count). The average Bonchev–Trinajstić information content (AvgIpc) is 2.51. The first-order valence-corrected chi connectivity index (χ1v) is 8.53. The van der Waals surface area contributed by atoms with Crippen LogP contribution in [0.1, 0.15) is 47.0 Å². The van der Waals surface area contributed by atoms with E-state index in [0.717, 1.165) is 0 Å². The molecular weight excluding hydrogens is 320 g/mol. The molecule has 0 unspecified atom stereocenters. The van der Waals surface area contributed by atoms with Gasteiger partial charge in [-0.2, -0.15) is 0 Å². The van der Waals surface area contributed by atoms with E-state index in [1.807, 2.05) is 19.9 Å². The van der Waals surface area contributed by atoms with E-state index in [1.54, 1.807) is 19.9 Å². The lowest BCUT2D eigenvalue weighted by atomic mass is 9.68. The predicted octanol–water partition coefficient (Wildman–Crippen LogP) is 3.55. The maximum Gasteiger partial charge on any atom is 0.324 e. The van der Waals surface area contributed by atoms with Crippen LogP contribution >= 0.6 is 0 Å². The fourth-order valence-corrected chi connectivity index (χ4v) is 3.00. The molecule has 0 spiro atoms. The van der Waals surface area contributed by atoms with E-state index < -0.39 is 17.4 Å². The molecule has 1 saturated carbocycles. The zero-order chi connectivity index (χ0) is 19.3. The average molecular weight is 348 g/mol. The first kappa shape index (κ1) is 20.9. The number of carbonyl (C=O) groups excluding carboxylic acids is 3. The molecule has 138 valence electrons. The molecule has 1 aliphatic carbocycles. The summed E-state index contributed by atoms with van der Waals surface area (Å²) < 4.78 is 10.1. The zero-order valence-corrected chi connectivity index (χ0v) is 15.6. The smallest absolute Gasteiger partial charge is 0.324 e. The number of hydrogen-bond donors (Lipinski definition) is 0. The number of allylic oxidation sites excluding steroid dienone is 4. The number of carbonyl (C=O) groups is 3. The Hall–Kier alpha value is -2.17. The van der Waals surface area contributed by atoms with Gasteiger partial charge in [-0.05, 0) is 37.7 Å². The molecule has 0 aliphatic heterocycles. The molecule has 1 fully saturated rings. The molecule has 1 aliphatic rings. The number of ether oxygens (including phenoxy) is 2. The van der Waals surface area contributed by atoms with E-state index in [-0.39, 0.29) is 37.3 Å². The number of Topliss-reactive ketones (excluding diaryl/α,β-unsaturated/α-hetero) is 1. The van der Waals surface area contributed by atoms with Crippen molar-refractivity contribution in [3.63, 3.8) is 0 Å². The summed E-state index contributed by atoms with van der Waals surface area (Å²) in [6.07, 6.45) is 4.08. The van der Waals surface area contributed by atoms with Crippen LogP contribution in [0.2, 0.25) is 0 Å². The first-order chi connectivity index (χ1) is 11.6. The first-order valence-electron chi connectivity index (χ1n) is 8.53. The molecule has 0 radical (unpaired) electrons. The molecule has 5 heteroatoms. The summed E-state index contributed by atoms with van der Waals surface area (Å²) in [5, 5.41) is 0. The monoisotopic (exact) mass is 348 g/mol. The molecule has 25 heavy (non-hydrogen) atoms. The molecule has 5 nitrogen and oxygen atoms in total. The van der Waals surface area contributed by atoms with Crippen LogP contribution in [0.5, 0.6) is 0 Å². The lowest BCUT2D eigenvalue weighted by Crippen LogP contribution is -2.47. The third-order valence-corrected chi connectivity index (χ3v) is 4.20. The van der Waals surface area contributed by atoms with Crippen molar-refractivity contribution >= 4 is 17.7 Å².